The maximum absolute atomic E-state index is 12.7. The minimum Gasteiger partial charge on any atom is -0.462 e. The second-order valence-corrected chi connectivity index (χ2v) is 3.84. The molecule has 0 aliphatic carbocycles. The molecule has 16 heavy (non-hydrogen) atoms. The first-order valence-corrected chi connectivity index (χ1v) is 5.26. The number of hydrogen-bond acceptors (Lipinski definition) is 3. The summed E-state index contributed by atoms with van der Waals surface area (Å²) in [5, 5.41) is 0. The molecule has 0 aromatic heterocycles. The Bertz CT molecular complexity index is 379. The number of hydrogen-bond donors (Lipinski definition) is 1. The summed E-state index contributed by atoms with van der Waals surface area (Å²) in [5.74, 6) is -0.653. The van der Waals surface area contributed by atoms with Crippen molar-refractivity contribution in [1.29, 1.82) is 0 Å². The number of halogens is 1. The molecule has 1 aromatic carbocycles. The molecule has 1 atom stereocenters. The van der Waals surface area contributed by atoms with Gasteiger partial charge in [0.15, 0.2) is 0 Å². The average molecular weight is 225 g/mol. The van der Waals surface area contributed by atoms with Gasteiger partial charge in [-0.05, 0) is 24.1 Å². The van der Waals surface area contributed by atoms with E-state index in [9.17, 15) is 9.18 Å². The fraction of sp³-hybridized carbons (Fsp3) is 0.417. The van der Waals surface area contributed by atoms with Gasteiger partial charge in [0, 0.05) is 5.69 Å². The molecule has 0 fully saturated rings. The van der Waals surface area contributed by atoms with Crippen LogP contribution in [0.5, 0.6) is 0 Å². The second-order valence-electron chi connectivity index (χ2n) is 3.84. The standard InChI is InChI=1S/C12H16FNO2/c1-3-8(2)7-16-12(15)10-5-4-9(13)6-11(10)14/h4-6,8H,3,7,14H2,1-2H3. The number of carbonyl (C=O) groups is 1. The van der Waals surface area contributed by atoms with Crippen molar-refractivity contribution in [1.82, 2.24) is 0 Å². The lowest BCUT2D eigenvalue weighted by Crippen LogP contribution is -2.13. The molecule has 3 nitrogen and oxygen atoms in total. The maximum atomic E-state index is 12.7. The van der Waals surface area contributed by atoms with Crippen LogP contribution < -0.4 is 5.73 Å². The second kappa shape index (κ2) is 5.49. The van der Waals surface area contributed by atoms with E-state index < -0.39 is 11.8 Å². The fourth-order valence-electron chi connectivity index (χ4n) is 1.13. The molecule has 1 aromatic rings. The van der Waals surface area contributed by atoms with Crippen molar-refractivity contribution in [3.05, 3.63) is 29.6 Å². The number of ether oxygens (including phenoxy) is 1. The molecule has 0 radical (unpaired) electrons. The van der Waals surface area contributed by atoms with E-state index in [1.54, 1.807) is 0 Å². The van der Waals surface area contributed by atoms with Gasteiger partial charge in [0.2, 0.25) is 0 Å². The van der Waals surface area contributed by atoms with Gasteiger partial charge in [0.25, 0.3) is 0 Å². The van der Waals surface area contributed by atoms with E-state index in [0.717, 1.165) is 12.5 Å². The molecule has 0 heterocycles. The van der Waals surface area contributed by atoms with Crippen LogP contribution in [0.15, 0.2) is 18.2 Å². The highest BCUT2D eigenvalue weighted by molar-refractivity contribution is 5.94. The monoisotopic (exact) mass is 225 g/mol. The van der Waals surface area contributed by atoms with Gasteiger partial charge in [-0.25, -0.2) is 9.18 Å². The molecule has 0 aliphatic heterocycles. The van der Waals surface area contributed by atoms with Crippen molar-refractivity contribution in [2.75, 3.05) is 12.3 Å². The minimum atomic E-state index is -0.502. The van der Waals surface area contributed by atoms with Gasteiger partial charge in [0.05, 0.1) is 12.2 Å². The Morgan fingerprint density at radius 1 is 1.56 bits per heavy atom. The molecule has 88 valence electrons. The van der Waals surface area contributed by atoms with Gasteiger partial charge in [-0.3, -0.25) is 0 Å². The van der Waals surface area contributed by atoms with Crippen molar-refractivity contribution in [3.63, 3.8) is 0 Å². The third kappa shape index (κ3) is 3.22. The van der Waals surface area contributed by atoms with E-state index in [-0.39, 0.29) is 11.3 Å². The molecule has 0 spiro atoms. The third-order valence-electron chi connectivity index (χ3n) is 2.43. The van der Waals surface area contributed by atoms with E-state index in [1.807, 2.05) is 13.8 Å². The molecular formula is C12H16FNO2. The predicted octanol–water partition coefficient (Wildman–Crippen LogP) is 2.61. The summed E-state index contributed by atoms with van der Waals surface area (Å²) in [6.07, 6.45) is 0.937. The SMILES string of the molecule is CCC(C)COC(=O)c1ccc(F)cc1N. The van der Waals surface area contributed by atoms with Gasteiger partial charge in [-0.15, -0.1) is 0 Å². The first-order chi connectivity index (χ1) is 7.54. The van der Waals surface area contributed by atoms with Crippen LogP contribution in [0, 0.1) is 11.7 Å². The quantitative estimate of drug-likeness (QED) is 0.633. The van der Waals surface area contributed by atoms with Crippen molar-refractivity contribution < 1.29 is 13.9 Å². The molecule has 2 N–H and O–H groups in total. The van der Waals surface area contributed by atoms with Gasteiger partial charge in [-0.2, -0.15) is 0 Å². The number of nitrogens with two attached hydrogens (primary N) is 1. The van der Waals surface area contributed by atoms with E-state index in [0.29, 0.717) is 12.5 Å². The molecule has 0 saturated heterocycles. The number of carbonyl (C=O) groups excluding carboxylic acids is 1. The Morgan fingerprint density at radius 3 is 2.81 bits per heavy atom. The van der Waals surface area contributed by atoms with Crippen molar-refractivity contribution in [2.45, 2.75) is 20.3 Å². The van der Waals surface area contributed by atoms with Crippen LogP contribution in [-0.2, 0) is 4.74 Å². The van der Waals surface area contributed by atoms with Gasteiger partial charge in [0.1, 0.15) is 5.82 Å². The highest BCUT2D eigenvalue weighted by Crippen LogP contribution is 2.15. The largest absolute Gasteiger partial charge is 0.462 e. The van der Waals surface area contributed by atoms with E-state index >= 15 is 0 Å². The number of esters is 1. The summed E-state index contributed by atoms with van der Waals surface area (Å²) in [7, 11) is 0. The van der Waals surface area contributed by atoms with Crippen LogP contribution in [0.1, 0.15) is 30.6 Å². The smallest absolute Gasteiger partial charge is 0.340 e. The first kappa shape index (κ1) is 12.5. The zero-order valence-corrected chi connectivity index (χ0v) is 9.50. The zero-order chi connectivity index (χ0) is 12.1. The van der Waals surface area contributed by atoms with Gasteiger partial charge in [-0.1, -0.05) is 20.3 Å². The Kier molecular flexibility index (Phi) is 4.28. The van der Waals surface area contributed by atoms with Crippen LogP contribution in [-0.4, -0.2) is 12.6 Å². The lowest BCUT2D eigenvalue weighted by molar-refractivity contribution is 0.0448. The number of rotatable bonds is 4. The lowest BCUT2D eigenvalue weighted by atomic mass is 10.1. The van der Waals surface area contributed by atoms with E-state index in [1.165, 1.54) is 12.1 Å². The third-order valence-corrected chi connectivity index (χ3v) is 2.43. The van der Waals surface area contributed by atoms with Gasteiger partial charge >= 0.3 is 5.97 Å². The zero-order valence-electron chi connectivity index (χ0n) is 9.50. The molecular weight excluding hydrogens is 209 g/mol. The highest BCUT2D eigenvalue weighted by Gasteiger charge is 2.12. The molecule has 1 rings (SSSR count). The summed E-state index contributed by atoms with van der Waals surface area (Å²) in [5.41, 5.74) is 5.84. The number of nitrogen functional groups attached to an aromatic ring is 1. The molecule has 0 amide bonds. The topological polar surface area (TPSA) is 52.3 Å². The molecule has 4 heteroatoms. The lowest BCUT2D eigenvalue weighted by Gasteiger charge is -2.10. The average Bonchev–Trinajstić information content (AvgIpc) is 2.25. The van der Waals surface area contributed by atoms with E-state index in [2.05, 4.69) is 0 Å². The minimum absolute atomic E-state index is 0.106. The highest BCUT2D eigenvalue weighted by atomic mass is 19.1. The van der Waals surface area contributed by atoms with Crippen LogP contribution in [0.3, 0.4) is 0 Å². The molecule has 0 aliphatic rings. The maximum Gasteiger partial charge on any atom is 0.340 e. The number of benzene rings is 1. The summed E-state index contributed by atoms with van der Waals surface area (Å²) in [4.78, 5) is 11.6. The van der Waals surface area contributed by atoms with Crippen LogP contribution >= 0.6 is 0 Å². The van der Waals surface area contributed by atoms with Gasteiger partial charge < -0.3 is 10.5 Å². The van der Waals surface area contributed by atoms with Crippen molar-refractivity contribution in [2.24, 2.45) is 5.92 Å². The Balaban J connectivity index is 2.66. The fourth-order valence-corrected chi connectivity index (χ4v) is 1.13. The predicted molar refractivity (Wildman–Crippen MR) is 60.5 cm³/mol. The Hall–Kier alpha value is -1.58. The summed E-state index contributed by atoms with van der Waals surface area (Å²) in [6, 6.07) is 3.64. The summed E-state index contributed by atoms with van der Waals surface area (Å²) < 4.78 is 17.8. The van der Waals surface area contributed by atoms with Crippen molar-refractivity contribution in [3.8, 4) is 0 Å². The summed E-state index contributed by atoms with van der Waals surface area (Å²) in [6.45, 7) is 4.36. The van der Waals surface area contributed by atoms with Crippen LogP contribution in [0.4, 0.5) is 10.1 Å². The van der Waals surface area contributed by atoms with Crippen LogP contribution in [0.25, 0.3) is 0 Å². The van der Waals surface area contributed by atoms with E-state index in [4.69, 9.17) is 10.5 Å². The number of anilines is 1. The molecule has 1 unspecified atom stereocenters. The Labute approximate surface area is 94.4 Å². The normalized spacial score (nSPS) is 12.2. The first-order valence-electron chi connectivity index (χ1n) is 5.26. The van der Waals surface area contributed by atoms with Crippen LogP contribution in [0.2, 0.25) is 0 Å². The summed E-state index contributed by atoms with van der Waals surface area (Å²) >= 11 is 0. The molecule has 0 saturated carbocycles. The van der Waals surface area contributed by atoms with Crippen molar-refractivity contribution >= 4 is 11.7 Å². The molecule has 0 bridgehead atoms. The Morgan fingerprint density at radius 2 is 2.25 bits per heavy atom.